The minimum atomic E-state index is 0.137. The van der Waals surface area contributed by atoms with E-state index in [9.17, 15) is 4.79 Å². The van der Waals surface area contributed by atoms with Gasteiger partial charge in [-0.15, -0.1) is 11.3 Å². The lowest BCUT2D eigenvalue weighted by molar-refractivity contribution is -0.113. The van der Waals surface area contributed by atoms with Gasteiger partial charge in [-0.25, -0.2) is 0 Å². The smallest absolute Gasteiger partial charge is 0.155 e. The number of rotatable bonds is 2. The van der Waals surface area contributed by atoms with Gasteiger partial charge in [-0.2, -0.15) is 0 Å². The summed E-state index contributed by atoms with van der Waals surface area (Å²) in [5.41, 5.74) is 0.812. The fourth-order valence-corrected chi connectivity index (χ4v) is 1.40. The van der Waals surface area contributed by atoms with Gasteiger partial charge in [0.25, 0.3) is 0 Å². The molecule has 0 aliphatic carbocycles. The quantitative estimate of drug-likeness (QED) is 0.617. The zero-order valence-electron chi connectivity index (χ0n) is 6.63. The molecule has 0 saturated carbocycles. The van der Waals surface area contributed by atoms with Crippen LogP contribution in [0.5, 0.6) is 0 Å². The van der Waals surface area contributed by atoms with Crippen molar-refractivity contribution in [3.05, 3.63) is 28.0 Å². The molecule has 11 heavy (non-hydrogen) atoms. The molecule has 1 aromatic rings. The van der Waals surface area contributed by atoms with Gasteiger partial charge in [0.1, 0.15) is 0 Å². The van der Waals surface area contributed by atoms with E-state index in [1.54, 1.807) is 18.3 Å². The molecule has 0 radical (unpaired) electrons. The first-order valence-corrected chi connectivity index (χ1v) is 4.31. The Morgan fingerprint density at radius 2 is 2.27 bits per heavy atom. The molecular weight excluding hydrogens is 156 g/mol. The Morgan fingerprint density at radius 1 is 1.55 bits per heavy atom. The van der Waals surface area contributed by atoms with Crippen LogP contribution >= 0.6 is 11.3 Å². The van der Waals surface area contributed by atoms with E-state index in [4.69, 9.17) is 0 Å². The highest BCUT2D eigenvalue weighted by atomic mass is 32.1. The summed E-state index contributed by atoms with van der Waals surface area (Å²) in [6.45, 7) is 3.42. The second kappa shape index (κ2) is 3.49. The molecule has 1 heterocycles. The highest BCUT2D eigenvalue weighted by molar-refractivity contribution is 7.10. The molecule has 0 aliphatic heterocycles. The average Bonchev–Trinajstić information content (AvgIpc) is 2.39. The van der Waals surface area contributed by atoms with Crippen LogP contribution in [0.15, 0.2) is 23.1 Å². The van der Waals surface area contributed by atoms with Crippen LogP contribution in [-0.2, 0) is 4.79 Å². The van der Waals surface area contributed by atoms with Gasteiger partial charge in [-0.3, -0.25) is 4.79 Å². The first-order chi connectivity index (χ1) is 5.20. The Bertz CT molecular complexity index is 270. The number of hydrogen-bond donors (Lipinski definition) is 0. The van der Waals surface area contributed by atoms with E-state index in [0.717, 1.165) is 10.5 Å². The Labute approximate surface area is 70.4 Å². The molecule has 1 rings (SSSR count). The number of hydrogen-bond acceptors (Lipinski definition) is 2. The van der Waals surface area contributed by atoms with Gasteiger partial charge >= 0.3 is 0 Å². The summed E-state index contributed by atoms with van der Waals surface area (Å²) in [5.74, 6) is 0.137. The van der Waals surface area contributed by atoms with E-state index >= 15 is 0 Å². The molecule has 0 atom stereocenters. The zero-order valence-corrected chi connectivity index (χ0v) is 7.44. The van der Waals surface area contributed by atoms with Crippen molar-refractivity contribution < 1.29 is 4.79 Å². The molecule has 0 saturated heterocycles. The highest BCUT2D eigenvalue weighted by Crippen LogP contribution is 2.13. The van der Waals surface area contributed by atoms with E-state index < -0.39 is 0 Å². The maximum atomic E-state index is 10.8. The predicted octanol–water partition coefficient (Wildman–Crippen LogP) is 2.74. The fraction of sp³-hybridized carbons (Fsp3) is 0.222. The standard InChI is InChI=1S/C9H10OS/c1-7(8(2)10)6-9-4-3-5-11-9/h3-6H,1-2H3/b7-6-. The van der Waals surface area contributed by atoms with Crippen LogP contribution in [0, 0.1) is 0 Å². The Balaban J connectivity index is 2.82. The van der Waals surface area contributed by atoms with Gasteiger partial charge < -0.3 is 0 Å². The van der Waals surface area contributed by atoms with E-state index in [2.05, 4.69) is 0 Å². The van der Waals surface area contributed by atoms with Crippen molar-refractivity contribution in [1.82, 2.24) is 0 Å². The zero-order chi connectivity index (χ0) is 8.27. The van der Waals surface area contributed by atoms with Crippen LogP contribution in [0.25, 0.3) is 6.08 Å². The number of carbonyl (C=O) groups excluding carboxylic acids is 1. The van der Waals surface area contributed by atoms with Crippen LogP contribution in [0.1, 0.15) is 18.7 Å². The lowest BCUT2D eigenvalue weighted by Crippen LogP contribution is -1.89. The van der Waals surface area contributed by atoms with Gasteiger partial charge in [0, 0.05) is 4.88 Å². The van der Waals surface area contributed by atoms with Crippen LogP contribution in [-0.4, -0.2) is 5.78 Å². The van der Waals surface area contributed by atoms with Crippen molar-refractivity contribution in [1.29, 1.82) is 0 Å². The van der Waals surface area contributed by atoms with Crippen molar-refractivity contribution in [2.24, 2.45) is 0 Å². The molecule has 0 amide bonds. The van der Waals surface area contributed by atoms with Crippen molar-refractivity contribution in [3.8, 4) is 0 Å². The monoisotopic (exact) mass is 166 g/mol. The van der Waals surface area contributed by atoms with Crippen molar-refractivity contribution in [2.75, 3.05) is 0 Å². The van der Waals surface area contributed by atoms with E-state index in [-0.39, 0.29) is 5.78 Å². The summed E-state index contributed by atoms with van der Waals surface area (Å²) in [5, 5.41) is 2.00. The normalized spacial score (nSPS) is 11.6. The summed E-state index contributed by atoms with van der Waals surface area (Å²) < 4.78 is 0. The second-order valence-electron chi connectivity index (χ2n) is 2.40. The second-order valence-corrected chi connectivity index (χ2v) is 3.38. The first-order valence-electron chi connectivity index (χ1n) is 3.43. The molecule has 0 spiro atoms. The molecule has 0 bridgehead atoms. The molecular formula is C9H10OS. The van der Waals surface area contributed by atoms with Gasteiger partial charge in [0.2, 0.25) is 0 Å². The van der Waals surface area contributed by atoms with Crippen LogP contribution in [0.4, 0.5) is 0 Å². The third kappa shape index (κ3) is 2.31. The van der Waals surface area contributed by atoms with E-state index in [0.29, 0.717) is 0 Å². The minimum absolute atomic E-state index is 0.137. The Hall–Kier alpha value is -0.890. The molecule has 1 aromatic heterocycles. The van der Waals surface area contributed by atoms with Crippen molar-refractivity contribution in [2.45, 2.75) is 13.8 Å². The minimum Gasteiger partial charge on any atom is -0.295 e. The molecule has 0 N–H and O–H groups in total. The molecule has 58 valence electrons. The summed E-state index contributed by atoms with van der Waals surface area (Å²) in [6.07, 6.45) is 1.91. The first kappa shape index (κ1) is 8.21. The average molecular weight is 166 g/mol. The Kier molecular flexibility index (Phi) is 2.60. The molecule has 0 aliphatic rings. The lowest BCUT2D eigenvalue weighted by Gasteiger charge is -1.90. The predicted molar refractivity (Wildman–Crippen MR) is 48.7 cm³/mol. The summed E-state index contributed by atoms with van der Waals surface area (Å²) >= 11 is 1.64. The third-order valence-electron chi connectivity index (χ3n) is 1.46. The number of ketones is 1. The fourth-order valence-electron chi connectivity index (χ4n) is 0.688. The maximum Gasteiger partial charge on any atom is 0.155 e. The molecule has 1 nitrogen and oxygen atoms in total. The van der Waals surface area contributed by atoms with E-state index in [1.807, 2.05) is 30.5 Å². The van der Waals surface area contributed by atoms with Crippen LogP contribution < -0.4 is 0 Å². The van der Waals surface area contributed by atoms with Crippen LogP contribution in [0.3, 0.4) is 0 Å². The summed E-state index contributed by atoms with van der Waals surface area (Å²) in [4.78, 5) is 11.9. The largest absolute Gasteiger partial charge is 0.295 e. The van der Waals surface area contributed by atoms with E-state index in [1.165, 1.54) is 0 Å². The van der Waals surface area contributed by atoms with Gasteiger partial charge in [0.15, 0.2) is 5.78 Å². The third-order valence-corrected chi connectivity index (χ3v) is 2.28. The highest BCUT2D eigenvalue weighted by Gasteiger charge is 1.95. The van der Waals surface area contributed by atoms with Crippen molar-refractivity contribution >= 4 is 23.2 Å². The maximum absolute atomic E-state index is 10.8. The number of thiophene rings is 1. The van der Waals surface area contributed by atoms with Crippen molar-refractivity contribution in [3.63, 3.8) is 0 Å². The number of Topliss-reactive ketones (excluding diaryl/α,β-unsaturated/α-hetero) is 1. The van der Waals surface area contributed by atoms with Crippen LogP contribution in [0.2, 0.25) is 0 Å². The summed E-state index contributed by atoms with van der Waals surface area (Å²) in [6, 6.07) is 3.97. The van der Waals surface area contributed by atoms with Gasteiger partial charge in [-0.05, 0) is 36.9 Å². The molecule has 0 unspecified atom stereocenters. The molecule has 2 heteroatoms. The SMILES string of the molecule is CC(=O)/C(C)=C\c1cccs1. The number of carbonyl (C=O) groups is 1. The van der Waals surface area contributed by atoms with Gasteiger partial charge in [0.05, 0.1) is 0 Å². The molecule has 0 fully saturated rings. The topological polar surface area (TPSA) is 17.1 Å². The summed E-state index contributed by atoms with van der Waals surface area (Å²) in [7, 11) is 0. The Morgan fingerprint density at radius 3 is 2.73 bits per heavy atom. The van der Waals surface area contributed by atoms with Gasteiger partial charge in [-0.1, -0.05) is 6.07 Å². The number of allylic oxidation sites excluding steroid dienone is 1. The lowest BCUT2D eigenvalue weighted by atomic mass is 10.2. The molecule has 0 aromatic carbocycles.